The molecule has 0 aliphatic carbocycles. The minimum Gasteiger partial charge on any atom is -0.493 e. The van der Waals surface area contributed by atoms with Crippen molar-refractivity contribution >= 4 is 23.3 Å². The molecule has 0 aliphatic rings. The fraction of sp³-hybridized carbons (Fsp3) is 0.188. The molecular weight excluding hydrogens is 290 g/mol. The molecule has 110 valence electrons. The van der Waals surface area contributed by atoms with Crippen LogP contribution in [-0.4, -0.2) is 12.6 Å². The molecular formula is C16H16ClNO3. The zero-order valence-corrected chi connectivity index (χ0v) is 12.2. The predicted molar refractivity (Wildman–Crippen MR) is 82.2 cm³/mol. The summed E-state index contributed by atoms with van der Waals surface area (Å²) in [6, 6.07) is 14.2. The molecule has 0 atom stereocenters. The van der Waals surface area contributed by atoms with Crippen molar-refractivity contribution in [1.29, 1.82) is 0 Å². The lowest BCUT2D eigenvalue weighted by Crippen LogP contribution is -2.09. The Hall–Kier alpha value is -2.20. The van der Waals surface area contributed by atoms with Crippen molar-refractivity contribution in [2.45, 2.75) is 13.0 Å². The molecule has 21 heavy (non-hydrogen) atoms. The van der Waals surface area contributed by atoms with E-state index in [0.29, 0.717) is 16.5 Å². The quantitative estimate of drug-likeness (QED) is 0.656. The van der Waals surface area contributed by atoms with Crippen molar-refractivity contribution in [3.8, 4) is 5.75 Å². The Labute approximate surface area is 128 Å². The van der Waals surface area contributed by atoms with E-state index in [2.05, 4.69) is 0 Å². The van der Waals surface area contributed by atoms with Gasteiger partial charge >= 0.3 is 5.97 Å². The average molecular weight is 306 g/mol. The lowest BCUT2D eigenvalue weighted by Gasteiger charge is -2.07. The second kappa shape index (κ2) is 7.55. The van der Waals surface area contributed by atoms with Crippen LogP contribution in [-0.2, 0) is 16.1 Å². The maximum absolute atomic E-state index is 11.6. The maximum Gasteiger partial charge on any atom is 0.309 e. The first-order valence-corrected chi connectivity index (χ1v) is 6.90. The first-order chi connectivity index (χ1) is 10.1. The summed E-state index contributed by atoms with van der Waals surface area (Å²) in [5.41, 5.74) is 7.14. The molecule has 2 rings (SSSR count). The van der Waals surface area contributed by atoms with E-state index in [1.807, 2.05) is 12.1 Å². The molecule has 0 saturated carbocycles. The first-order valence-electron chi connectivity index (χ1n) is 6.52. The molecule has 0 heterocycles. The Morgan fingerprint density at radius 1 is 1.05 bits per heavy atom. The van der Waals surface area contributed by atoms with Crippen LogP contribution in [0.4, 0.5) is 5.69 Å². The number of carbonyl (C=O) groups is 1. The van der Waals surface area contributed by atoms with Crippen LogP contribution in [0.2, 0.25) is 5.02 Å². The Morgan fingerprint density at radius 3 is 2.38 bits per heavy atom. The summed E-state index contributed by atoms with van der Waals surface area (Å²) in [5.74, 6) is 0.370. The third-order valence-corrected chi connectivity index (χ3v) is 3.02. The van der Waals surface area contributed by atoms with Gasteiger partial charge in [0, 0.05) is 10.7 Å². The van der Waals surface area contributed by atoms with Crippen molar-refractivity contribution in [2.75, 3.05) is 12.3 Å². The third-order valence-electron chi connectivity index (χ3n) is 2.77. The van der Waals surface area contributed by atoms with Crippen molar-refractivity contribution in [3.05, 3.63) is 59.1 Å². The lowest BCUT2D eigenvalue weighted by molar-refractivity contribution is -0.145. The number of hydrogen-bond donors (Lipinski definition) is 1. The van der Waals surface area contributed by atoms with Crippen LogP contribution in [0.1, 0.15) is 12.0 Å². The molecule has 0 aromatic heterocycles. The van der Waals surface area contributed by atoms with E-state index in [1.165, 1.54) is 0 Å². The van der Waals surface area contributed by atoms with Gasteiger partial charge in [0.15, 0.2) is 0 Å². The van der Waals surface area contributed by atoms with Gasteiger partial charge in [-0.2, -0.15) is 0 Å². The summed E-state index contributed by atoms with van der Waals surface area (Å²) < 4.78 is 10.6. The number of rotatable bonds is 6. The molecule has 2 aromatic rings. The van der Waals surface area contributed by atoms with Gasteiger partial charge in [-0.1, -0.05) is 23.7 Å². The van der Waals surface area contributed by atoms with Crippen LogP contribution in [0, 0.1) is 0 Å². The van der Waals surface area contributed by atoms with Gasteiger partial charge < -0.3 is 15.2 Å². The van der Waals surface area contributed by atoms with Gasteiger partial charge in [-0.25, -0.2) is 0 Å². The summed E-state index contributed by atoms with van der Waals surface area (Å²) in [6.07, 6.45) is 0.192. The van der Waals surface area contributed by atoms with Crippen LogP contribution in [0.3, 0.4) is 0 Å². The Morgan fingerprint density at radius 2 is 1.71 bits per heavy atom. The minimum absolute atomic E-state index is 0.192. The zero-order chi connectivity index (χ0) is 15.1. The molecule has 0 unspecified atom stereocenters. The summed E-state index contributed by atoms with van der Waals surface area (Å²) in [7, 11) is 0. The second-order valence-electron chi connectivity index (χ2n) is 4.45. The number of nitrogens with two attached hydrogens (primary N) is 1. The van der Waals surface area contributed by atoms with Crippen LogP contribution >= 0.6 is 11.6 Å². The largest absolute Gasteiger partial charge is 0.493 e. The lowest BCUT2D eigenvalue weighted by atomic mass is 10.2. The van der Waals surface area contributed by atoms with E-state index in [4.69, 9.17) is 26.8 Å². The van der Waals surface area contributed by atoms with Crippen LogP contribution in [0.25, 0.3) is 0 Å². The van der Waals surface area contributed by atoms with Crippen molar-refractivity contribution < 1.29 is 14.3 Å². The number of hydrogen-bond acceptors (Lipinski definition) is 4. The molecule has 0 radical (unpaired) electrons. The minimum atomic E-state index is -0.305. The number of halogens is 1. The highest BCUT2D eigenvalue weighted by molar-refractivity contribution is 6.30. The zero-order valence-electron chi connectivity index (χ0n) is 11.4. The van der Waals surface area contributed by atoms with E-state index >= 15 is 0 Å². The van der Waals surface area contributed by atoms with Gasteiger partial charge in [0.2, 0.25) is 0 Å². The molecule has 2 N–H and O–H groups in total. The average Bonchev–Trinajstić information content (AvgIpc) is 2.49. The highest BCUT2D eigenvalue weighted by Crippen LogP contribution is 2.13. The normalized spacial score (nSPS) is 10.1. The van der Waals surface area contributed by atoms with E-state index in [0.717, 1.165) is 5.56 Å². The molecule has 5 heteroatoms. The molecule has 0 bridgehead atoms. The standard InChI is InChI=1S/C16H16ClNO3/c17-13-3-1-12(2-4-13)11-21-16(19)9-10-20-15-7-5-14(18)6-8-15/h1-8H,9-11,18H2. The van der Waals surface area contributed by atoms with Crippen LogP contribution in [0.5, 0.6) is 5.75 Å². The Bertz CT molecular complexity index is 581. The van der Waals surface area contributed by atoms with Crippen molar-refractivity contribution in [2.24, 2.45) is 0 Å². The SMILES string of the molecule is Nc1ccc(OCCC(=O)OCc2ccc(Cl)cc2)cc1. The monoisotopic (exact) mass is 305 g/mol. The topological polar surface area (TPSA) is 61.5 Å². The Balaban J connectivity index is 1.67. The maximum atomic E-state index is 11.6. The summed E-state index contributed by atoms with van der Waals surface area (Å²) in [4.78, 5) is 11.6. The van der Waals surface area contributed by atoms with Gasteiger partial charge in [0.1, 0.15) is 12.4 Å². The number of carbonyl (C=O) groups excluding carboxylic acids is 1. The smallest absolute Gasteiger partial charge is 0.309 e. The highest BCUT2D eigenvalue weighted by atomic mass is 35.5. The number of benzene rings is 2. The van der Waals surface area contributed by atoms with Crippen molar-refractivity contribution in [1.82, 2.24) is 0 Å². The van der Waals surface area contributed by atoms with Crippen LogP contribution < -0.4 is 10.5 Å². The van der Waals surface area contributed by atoms with Gasteiger partial charge in [0.25, 0.3) is 0 Å². The van der Waals surface area contributed by atoms with Gasteiger partial charge in [0.05, 0.1) is 13.0 Å². The first kappa shape index (κ1) is 15.2. The summed E-state index contributed by atoms with van der Waals surface area (Å²) >= 11 is 5.78. The van der Waals surface area contributed by atoms with E-state index in [-0.39, 0.29) is 25.6 Å². The third kappa shape index (κ3) is 5.36. The predicted octanol–water partition coefficient (Wildman–Crippen LogP) is 3.43. The summed E-state index contributed by atoms with van der Waals surface area (Å²) in [6.45, 7) is 0.501. The highest BCUT2D eigenvalue weighted by Gasteiger charge is 2.04. The fourth-order valence-corrected chi connectivity index (χ4v) is 1.76. The molecule has 2 aromatic carbocycles. The molecule has 0 fully saturated rings. The van der Waals surface area contributed by atoms with Gasteiger partial charge in [-0.15, -0.1) is 0 Å². The molecule has 0 aliphatic heterocycles. The van der Waals surface area contributed by atoms with Gasteiger partial charge in [-0.3, -0.25) is 4.79 Å². The molecule has 4 nitrogen and oxygen atoms in total. The van der Waals surface area contributed by atoms with E-state index in [1.54, 1.807) is 36.4 Å². The Kier molecular flexibility index (Phi) is 5.46. The number of anilines is 1. The van der Waals surface area contributed by atoms with E-state index < -0.39 is 0 Å². The number of nitrogen functional groups attached to an aromatic ring is 1. The van der Waals surface area contributed by atoms with Crippen LogP contribution in [0.15, 0.2) is 48.5 Å². The molecule has 0 spiro atoms. The second-order valence-corrected chi connectivity index (χ2v) is 4.89. The summed E-state index contributed by atoms with van der Waals surface area (Å²) in [5, 5.41) is 0.655. The van der Waals surface area contributed by atoms with Crippen molar-refractivity contribution in [3.63, 3.8) is 0 Å². The number of esters is 1. The molecule has 0 amide bonds. The number of ether oxygens (including phenoxy) is 2. The fourth-order valence-electron chi connectivity index (χ4n) is 1.63. The molecule has 0 saturated heterocycles. The van der Waals surface area contributed by atoms with E-state index in [9.17, 15) is 4.79 Å². The van der Waals surface area contributed by atoms with Gasteiger partial charge in [-0.05, 0) is 42.0 Å².